The number of allylic oxidation sites excluding steroid dienone is 1. The first-order chi connectivity index (χ1) is 17.7. The normalized spacial score (nSPS) is 21.9. The summed E-state index contributed by atoms with van der Waals surface area (Å²) in [5, 5.41) is 6.12. The maximum absolute atomic E-state index is 13.4. The van der Waals surface area contributed by atoms with Crippen molar-refractivity contribution in [2.24, 2.45) is 11.0 Å². The molecule has 37 heavy (non-hydrogen) atoms. The van der Waals surface area contributed by atoms with Crippen LogP contribution in [-0.4, -0.2) is 79.4 Å². The van der Waals surface area contributed by atoms with Gasteiger partial charge in [-0.05, 0) is 31.9 Å². The van der Waals surface area contributed by atoms with Gasteiger partial charge in [0.05, 0.1) is 43.7 Å². The second-order valence-electron chi connectivity index (χ2n) is 8.76. The van der Waals surface area contributed by atoms with Crippen molar-refractivity contribution in [3.05, 3.63) is 53.2 Å². The number of hydrogen-bond acceptors (Lipinski definition) is 8. The number of morpholine rings is 1. The van der Waals surface area contributed by atoms with Crippen LogP contribution in [0.2, 0.25) is 0 Å². The van der Waals surface area contributed by atoms with Gasteiger partial charge in [0.25, 0.3) is 0 Å². The standard InChI is InChI=1S/C26H30F3N3O5/c1-3-36-24(33)21-19(10-11-26(27,28)29)32-23(22(21)25(34)37-4-2)18(17-8-6-5-7-9-17)16-20(30-32)31-12-14-35-15-13-31/h5-9,16,19,21H,3-4,10-15H2,1-2H3. The molecule has 3 aliphatic rings. The Morgan fingerprint density at radius 2 is 1.76 bits per heavy atom. The quantitative estimate of drug-likeness (QED) is 0.506. The number of halogens is 3. The van der Waals surface area contributed by atoms with Gasteiger partial charge in [0.15, 0.2) is 0 Å². The minimum Gasteiger partial charge on any atom is -0.465 e. The lowest BCUT2D eigenvalue weighted by Gasteiger charge is -2.36. The molecular formula is C26H30F3N3O5. The van der Waals surface area contributed by atoms with Crippen LogP contribution in [0.25, 0.3) is 5.57 Å². The van der Waals surface area contributed by atoms with E-state index in [0.717, 1.165) is 5.56 Å². The predicted octanol–water partition coefficient (Wildman–Crippen LogP) is 3.75. The van der Waals surface area contributed by atoms with Gasteiger partial charge in [0.2, 0.25) is 0 Å². The molecule has 3 heterocycles. The van der Waals surface area contributed by atoms with Crippen molar-refractivity contribution in [3.8, 4) is 0 Å². The predicted molar refractivity (Wildman–Crippen MR) is 129 cm³/mol. The fourth-order valence-corrected chi connectivity index (χ4v) is 4.82. The Labute approximate surface area is 213 Å². The molecule has 11 heteroatoms. The van der Waals surface area contributed by atoms with Crippen molar-refractivity contribution >= 4 is 23.3 Å². The maximum Gasteiger partial charge on any atom is 0.389 e. The van der Waals surface area contributed by atoms with Crippen molar-refractivity contribution in [1.29, 1.82) is 0 Å². The number of benzene rings is 1. The summed E-state index contributed by atoms with van der Waals surface area (Å²) in [6.45, 7) is 5.32. The van der Waals surface area contributed by atoms with Crippen LogP contribution in [0.1, 0.15) is 32.3 Å². The first-order valence-corrected chi connectivity index (χ1v) is 12.4. The summed E-state index contributed by atoms with van der Waals surface area (Å²) in [6, 6.07) is 8.08. The topological polar surface area (TPSA) is 80.7 Å². The Balaban J connectivity index is 1.91. The summed E-state index contributed by atoms with van der Waals surface area (Å²) in [7, 11) is 0. The fraction of sp³-hybridized carbons (Fsp3) is 0.500. The van der Waals surface area contributed by atoms with Gasteiger partial charge in [0.1, 0.15) is 11.8 Å². The summed E-state index contributed by atoms with van der Waals surface area (Å²) in [6.07, 6.45) is -4.27. The van der Waals surface area contributed by atoms with E-state index in [4.69, 9.17) is 19.3 Å². The number of rotatable bonds is 7. The second kappa shape index (κ2) is 11.4. The molecule has 0 spiro atoms. The van der Waals surface area contributed by atoms with Crippen LogP contribution in [0.4, 0.5) is 13.2 Å². The highest BCUT2D eigenvalue weighted by atomic mass is 19.4. The van der Waals surface area contributed by atoms with Gasteiger partial charge in [-0.2, -0.15) is 18.3 Å². The number of fused-ring (bicyclic) bond motifs is 1. The van der Waals surface area contributed by atoms with Crippen LogP contribution < -0.4 is 0 Å². The molecule has 0 aromatic heterocycles. The highest BCUT2D eigenvalue weighted by Crippen LogP contribution is 2.46. The second-order valence-corrected chi connectivity index (χ2v) is 8.76. The summed E-state index contributed by atoms with van der Waals surface area (Å²) < 4.78 is 56.2. The van der Waals surface area contributed by atoms with Gasteiger partial charge in [0, 0.05) is 25.1 Å². The number of carbonyl (C=O) groups excluding carboxylic acids is 2. The van der Waals surface area contributed by atoms with Crippen LogP contribution in [0.3, 0.4) is 0 Å². The highest BCUT2D eigenvalue weighted by Gasteiger charge is 2.52. The van der Waals surface area contributed by atoms with Crippen LogP contribution in [0.5, 0.6) is 0 Å². The van der Waals surface area contributed by atoms with E-state index >= 15 is 0 Å². The molecule has 2 atom stereocenters. The highest BCUT2D eigenvalue weighted by molar-refractivity contribution is 6.08. The van der Waals surface area contributed by atoms with Crippen molar-refractivity contribution in [3.63, 3.8) is 0 Å². The number of esters is 2. The molecule has 3 aliphatic heterocycles. The molecule has 0 saturated carbocycles. The van der Waals surface area contributed by atoms with Gasteiger partial charge in [-0.1, -0.05) is 30.3 Å². The van der Waals surface area contributed by atoms with E-state index in [0.29, 0.717) is 37.7 Å². The molecule has 0 bridgehead atoms. The number of alkyl halides is 3. The molecule has 1 aromatic rings. The van der Waals surface area contributed by atoms with E-state index < -0.39 is 42.9 Å². The lowest BCUT2D eigenvalue weighted by atomic mass is 9.89. The number of hydrazone groups is 1. The van der Waals surface area contributed by atoms with Crippen LogP contribution in [-0.2, 0) is 23.8 Å². The Bertz CT molecular complexity index is 1090. The lowest BCUT2D eigenvalue weighted by Crippen LogP contribution is -2.44. The largest absolute Gasteiger partial charge is 0.465 e. The lowest BCUT2D eigenvalue weighted by molar-refractivity contribution is -0.153. The third-order valence-electron chi connectivity index (χ3n) is 6.41. The monoisotopic (exact) mass is 521 g/mol. The summed E-state index contributed by atoms with van der Waals surface area (Å²) in [4.78, 5) is 28.5. The molecule has 1 fully saturated rings. The van der Waals surface area contributed by atoms with E-state index in [-0.39, 0.29) is 24.5 Å². The molecule has 2 unspecified atom stereocenters. The van der Waals surface area contributed by atoms with E-state index in [9.17, 15) is 22.8 Å². The molecule has 0 aliphatic carbocycles. The Kier molecular flexibility index (Phi) is 8.21. The SMILES string of the molecule is CCOC(=O)C1=C2C(c3ccccc3)=CC(N3CCOCC3)=NN2C(CCC(F)(F)F)C1C(=O)OCC. The minimum absolute atomic E-state index is 0.0104. The molecule has 0 N–H and O–H groups in total. The van der Waals surface area contributed by atoms with E-state index in [1.807, 2.05) is 35.2 Å². The zero-order chi connectivity index (χ0) is 26.6. The first kappa shape index (κ1) is 26.7. The average Bonchev–Trinajstić information content (AvgIpc) is 3.22. The third kappa shape index (κ3) is 5.82. The first-order valence-electron chi connectivity index (χ1n) is 12.4. The molecule has 0 radical (unpaired) electrons. The van der Waals surface area contributed by atoms with E-state index in [1.54, 1.807) is 19.9 Å². The van der Waals surface area contributed by atoms with Gasteiger partial charge in [-0.3, -0.25) is 9.80 Å². The zero-order valence-electron chi connectivity index (χ0n) is 20.8. The molecular weight excluding hydrogens is 491 g/mol. The number of ether oxygens (including phenoxy) is 3. The molecule has 1 saturated heterocycles. The van der Waals surface area contributed by atoms with Crippen molar-refractivity contribution in [1.82, 2.24) is 9.91 Å². The minimum atomic E-state index is -4.46. The maximum atomic E-state index is 13.4. The number of nitrogens with zero attached hydrogens (tertiary/aromatic N) is 3. The molecule has 200 valence electrons. The summed E-state index contributed by atoms with van der Waals surface area (Å²) in [5.74, 6) is -2.33. The zero-order valence-corrected chi connectivity index (χ0v) is 20.8. The molecule has 0 amide bonds. The smallest absolute Gasteiger partial charge is 0.389 e. The Morgan fingerprint density at radius 3 is 2.38 bits per heavy atom. The third-order valence-corrected chi connectivity index (χ3v) is 6.41. The van der Waals surface area contributed by atoms with Gasteiger partial charge < -0.3 is 19.1 Å². The molecule has 1 aromatic carbocycles. The van der Waals surface area contributed by atoms with E-state index in [1.165, 1.54) is 5.01 Å². The summed E-state index contributed by atoms with van der Waals surface area (Å²) in [5.41, 5.74) is 1.53. The van der Waals surface area contributed by atoms with Crippen molar-refractivity contribution in [2.45, 2.75) is 38.9 Å². The van der Waals surface area contributed by atoms with Gasteiger partial charge in [-0.25, -0.2) is 4.79 Å². The van der Waals surface area contributed by atoms with Crippen LogP contribution in [0, 0.1) is 5.92 Å². The molecule has 4 rings (SSSR count). The van der Waals surface area contributed by atoms with Gasteiger partial charge in [-0.15, -0.1) is 0 Å². The van der Waals surface area contributed by atoms with Gasteiger partial charge >= 0.3 is 18.1 Å². The number of carbonyl (C=O) groups is 2. The number of amidine groups is 1. The summed E-state index contributed by atoms with van der Waals surface area (Å²) >= 11 is 0. The van der Waals surface area contributed by atoms with Crippen LogP contribution >= 0.6 is 0 Å². The van der Waals surface area contributed by atoms with Crippen molar-refractivity contribution < 1.29 is 37.0 Å². The Hall–Kier alpha value is -3.34. The average molecular weight is 522 g/mol. The fourth-order valence-electron chi connectivity index (χ4n) is 4.82. The number of hydrogen-bond donors (Lipinski definition) is 0. The van der Waals surface area contributed by atoms with Crippen LogP contribution in [0.15, 0.2) is 52.8 Å². The van der Waals surface area contributed by atoms with E-state index in [2.05, 4.69) is 0 Å². The Morgan fingerprint density at radius 1 is 1.08 bits per heavy atom. The molecule has 8 nitrogen and oxygen atoms in total. The van der Waals surface area contributed by atoms with Crippen molar-refractivity contribution in [2.75, 3.05) is 39.5 Å².